The molecule has 3 aliphatic carbocycles. The van der Waals surface area contributed by atoms with Crippen molar-refractivity contribution < 1.29 is 65.9 Å². The van der Waals surface area contributed by atoms with Crippen LogP contribution in [-0.2, 0) is 52.7 Å². The van der Waals surface area contributed by atoms with Crippen LogP contribution in [0.2, 0.25) is 0 Å². The van der Waals surface area contributed by atoms with E-state index < -0.39 is 151 Å². The van der Waals surface area contributed by atoms with Gasteiger partial charge in [0.15, 0.2) is 0 Å². The predicted octanol–water partition coefficient (Wildman–Crippen LogP) is 5.57. The zero-order valence-electron chi connectivity index (χ0n) is 56.4. The second kappa shape index (κ2) is 34.4. The Balaban J connectivity index is 1.52. The maximum absolute atomic E-state index is 15.2. The van der Waals surface area contributed by atoms with Gasteiger partial charge in [-0.2, -0.15) is 13.2 Å². The molecule has 5 fully saturated rings. The van der Waals surface area contributed by atoms with Crippen molar-refractivity contribution in [2.24, 2.45) is 35.5 Å². The van der Waals surface area contributed by atoms with Crippen molar-refractivity contribution >= 4 is 76.6 Å². The van der Waals surface area contributed by atoms with Crippen molar-refractivity contribution in [3.63, 3.8) is 0 Å². The summed E-state index contributed by atoms with van der Waals surface area (Å²) in [5.41, 5.74) is 0. The number of rotatable bonds is 11. The Labute approximate surface area is 542 Å². The third-order valence-corrected chi connectivity index (χ3v) is 20.8. The first-order chi connectivity index (χ1) is 42.6. The minimum atomic E-state index is -4.34. The van der Waals surface area contributed by atoms with E-state index in [0.29, 0.717) is 32.1 Å². The van der Waals surface area contributed by atoms with Gasteiger partial charge in [-0.05, 0) is 133 Å². The van der Waals surface area contributed by atoms with Gasteiger partial charge >= 0.3 is 6.18 Å². The normalized spacial score (nSPS) is 30.9. The third-order valence-electron chi connectivity index (χ3n) is 20.4. The maximum atomic E-state index is 15.2. The molecular formula is C65H107ClF3N11O11. The predicted molar refractivity (Wildman–Crippen MR) is 338 cm³/mol. The Hall–Kier alpha value is -5.75. The molecule has 0 spiro atoms. The monoisotopic (exact) mass is 1310 g/mol. The molecule has 0 radical (unpaired) electrons. The Bertz CT molecular complexity index is 2540. The molecule has 0 aromatic rings. The lowest BCUT2D eigenvalue weighted by molar-refractivity contribution is -0.184. The molecule has 2 aliphatic heterocycles. The van der Waals surface area contributed by atoms with Crippen molar-refractivity contribution in [1.82, 2.24) is 55.1 Å². The SMILES string of the molecule is CC[C@H](C)[C@@H]1NC(=O)[C@H](C)N(C)C(=O)C[C@@H](C)NC(=O)[C@H](CC(C)C)N(C)C(=O)[C@H](CC2CCCCC2)N(C)C(=O)[C@@H]2CCN2C(=O)[C@H](CCC2CCC(C(F)(F)F)CC2)NC(=O)CN(C)C(=O)[C@H](CC2CCC(Cl)CC2)N(C)C(=O)CN(C)C(=O)CN(C)C1=O. The molecule has 91 heavy (non-hydrogen) atoms. The number of hydrogen-bond acceptors (Lipinski definition) is 11. The van der Waals surface area contributed by atoms with E-state index in [1.54, 1.807) is 13.8 Å². The molecule has 516 valence electrons. The van der Waals surface area contributed by atoms with Gasteiger partial charge in [0.1, 0.15) is 42.3 Å². The molecule has 22 nitrogen and oxygen atoms in total. The van der Waals surface area contributed by atoms with E-state index in [9.17, 15) is 61.1 Å². The highest BCUT2D eigenvalue weighted by atomic mass is 35.5. The van der Waals surface area contributed by atoms with Crippen molar-refractivity contribution in [3.05, 3.63) is 0 Å². The van der Waals surface area contributed by atoms with Crippen LogP contribution >= 0.6 is 11.6 Å². The third kappa shape index (κ3) is 21.1. The van der Waals surface area contributed by atoms with Crippen LogP contribution in [0.4, 0.5) is 13.2 Å². The maximum Gasteiger partial charge on any atom is 0.391 e. The first-order valence-corrected chi connectivity index (χ1v) is 33.8. The minimum absolute atomic E-state index is 0.0145. The lowest BCUT2D eigenvalue weighted by Gasteiger charge is -2.45. The lowest BCUT2D eigenvalue weighted by atomic mass is 9.79. The molecule has 5 rings (SSSR count). The first-order valence-electron chi connectivity index (χ1n) is 33.3. The fraction of sp³-hybridized carbons (Fsp3) is 0.831. The summed E-state index contributed by atoms with van der Waals surface area (Å²) in [6, 6.07) is -8.58. The van der Waals surface area contributed by atoms with Gasteiger partial charge < -0.3 is 55.1 Å². The quantitative estimate of drug-likeness (QED) is 0.216. The van der Waals surface area contributed by atoms with Crippen LogP contribution in [0.25, 0.3) is 0 Å². The summed E-state index contributed by atoms with van der Waals surface area (Å²) in [5, 5.41) is 8.48. The second-order valence-corrected chi connectivity index (χ2v) is 28.4. The number of likely N-dealkylation sites (N-methyl/N-ethyl adjacent to an activating group) is 7. The molecule has 0 unspecified atom stereocenters. The van der Waals surface area contributed by atoms with Gasteiger partial charge in [-0.15, -0.1) is 11.6 Å². The van der Waals surface area contributed by atoms with Gasteiger partial charge in [0.2, 0.25) is 65.0 Å². The molecule has 2 heterocycles. The van der Waals surface area contributed by atoms with E-state index in [2.05, 4.69) is 16.0 Å². The van der Waals surface area contributed by atoms with Crippen LogP contribution < -0.4 is 16.0 Å². The number of halogens is 4. The van der Waals surface area contributed by atoms with E-state index in [-0.39, 0.29) is 106 Å². The first kappa shape index (κ1) is 76.0. The summed E-state index contributed by atoms with van der Waals surface area (Å²) in [6.45, 7) is 9.07. The Morgan fingerprint density at radius 3 is 1.64 bits per heavy atom. The number of nitrogens with one attached hydrogen (secondary N) is 3. The summed E-state index contributed by atoms with van der Waals surface area (Å²) in [5.74, 6) is -8.67. The summed E-state index contributed by atoms with van der Waals surface area (Å²) < 4.78 is 41.3. The minimum Gasteiger partial charge on any atom is -0.351 e. The van der Waals surface area contributed by atoms with Crippen LogP contribution in [0.15, 0.2) is 0 Å². The van der Waals surface area contributed by atoms with Crippen molar-refractivity contribution in [3.8, 4) is 0 Å². The highest BCUT2D eigenvalue weighted by Crippen LogP contribution is 2.41. The number of fused-ring (bicyclic) bond motifs is 1. The average Bonchev–Trinajstić information content (AvgIpc) is 0.811. The summed E-state index contributed by atoms with van der Waals surface area (Å²) >= 11 is 6.48. The molecule has 9 atom stereocenters. The van der Waals surface area contributed by atoms with Gasteiger partial charge in [0.05, 0.1) is 25.6 Å². The van der Waals surface area contributed by atoms with Crippen LogP contribution in [-0.4, -0.2) is 240 Å². The van der Waals surface area contributed by atoms with Crippen molar-refractivity contribution in [1.29, 1.82) is 0 Å². The molecule has 0 bridgehead atoms. The zero-order valence-corrected chi connectivity index (χ0v) is 57.2. The molecule has 26 heteroatoms. The summed E-state index contributed by atoms with van der Waals surface area (Å²) in [7, 11) is 10.1. The number of amides is 11. The molecule has 3 saturated carbocycles. The topological polar surface area (TPSA) is 250 Å². The van der Waals surface area contributed by atoms with Crippen molar-refractivity contribution in [2.75, 3.05) is 75.5 Å². The molecule has 0 aromatic carbocycles. The molecule has 3 N–H and O–H groups in total. The van der Waals surface area contributed by atoms with Crippen LogP contribution in [0.1, 0.15) is 176 Å². The van der Waals surface area contributed by atoms with Crippen LogP contribution in [0, 0.1) is 35.5 Å². The number of nitrogens with zero attached hydrogens (tertiary/aromatic N) is 8. The standard InChI is InChI=1S/C65H107ClF3N11O11/c1-14-40(4)57-64(91)75(9)37-55(83)73(7)38-56(84)77(11)51(35-45-22-27-47(66)28-23-45)61(88)74(8)36-53(81)71-48(29-24-43-20-25-46(26-21-43)65(67,68)69)60(87)80-31-30-49(80)62(89)79(13)52(34-44-18-16-15-17-19-44)63(90)78(12)50(32-39(2)3)59(86)70-41(5)33-54(82)76(10)42(6)58(85)72-57/h39-52,57H,14-38H2,1-13H3,(H,70,86)(H,71,81)(H,72,85)/t40-,41+,42-,43?,45?,46?,47?,48-,49-,50-,51-,52-,57-/m0/s1. The lowest BCUT2D eigenvalue weighted by Crippen LogP contribution is -2.65. The van der Waals surface area contributed by atoms with Gasteiger partial charge in [0.25, 0.3) is 0 Å². The van der Waals surface area contributed by atoms with Gasteiger partial charge in [-0.25, -0.2) is 0 Å². The Kier molecular flexibility index (Phi) is 28.7. The Morgan fingerprint density at radius 2 is 1.08 bits per heavy atom. The molecular weight excluding hydrogens is 1200 g/mol. The van der Waals surface area contributed by atoms with E-state index in [4.69, 9.17) is 11.6 Å². The van der Waals surface area contributed by atoms with E-state index >= 15 is 4.79 Å². The number of carbonyl (C=O) groups excluding carboxylic acids is 11. The highest BCUT2D eigenvalue weighted by molar-refractivity contribution is 6.20. The highest BCUT2D eigenvalue weighted by Gasteiger charge is 2.47. The van der Waals surface area contributed by atoms with E-state index in [0.717, 1.165) is 46.8 Å². The van der Waals surface area contributed by atoms with Crippen LogP contribution in [0.5, 0.6) is 0 Å². The number of hydrogen-bond donors (Lipinski definition) is 3. The smallest absolute Gasteiger partial charge is 0.351 e. The van der Waals surface area contributed by atoms with Gasteiger partial charge in [0, 0.05) is 73.7 Å². The second-order valence-electron chi connectivity index (χ2n) is 27.8. The molecule has 5 aliphatic rings. The number of alkyl halides is 4. The zero-order chi connectivity index (χ0) is 67.9. The molecule has 0 aromatic heterocycles. The summed E-state index contributed by atoms with van der Waals surface area (Å²) in [6.07, 6.45) is 4.65. The van der Waals surface area contributed by atoms with E-state index in [1.165, 1.54) is 80.8 Å². The fourth-order valence-electron chi connectivity index (χ4n) is 13.6. The van der Waals surface area contributed by atoms with Crippen LogP contribution in [0.3, 0.4) is 0 Å². The van der Waals surface area contributed by atoms with Crippen molar-refractivity contribution in [2.45, 2.75) is 236 Å². The summed E-state index contributed by atoms with van der Waals surface area (Å²) in [4.78, 5) is 169. The van der Waals surface area contributed by atoms with E-state index in [1.807, 2.05) is 20.8 Å². The molecule has 2 saturated heterocycles. The average molecular weight is 1310 g/mol. The molecule has 11 amide bonds. The van der Waals surface area contributed by atoms with Gasteiger partial charge in [-0.3, -0.25) is 52.7 Å². The number of carbonyl (C=O) groups is 11. The Morgan fingerprint density at radius 1 is 0.527 bits per heavy atom. The van der Waals surface area contributed by atoms with Gasteiger partial charge in [-0.1, -0.05) is 66.2 Å². The fourth-order valence-corrected chi connectivity index (χ4v) is 13.9. The largest absolute Gasteiger partial charge is 0.391 e.